The smallest absolute Gasteiger partial charge is 0.229 e. The molecule has 3 heterocycles. The van der Waals surface area contributed by atoms with Gasteiger partial charge in [-0.05, 0) is 98.6 Å². The van der Waals surface area contributed by atoms with Crippen LogP contribution in [-0.4, -0.2) is 29.3 Å². The molecule has 2 N–H and O–H groups in total. The Labute approximate surface area is 235 Å². The second-order valence-corrected chi connectivity index (χ2v) is 12.1. The molecule has 1 aliphatic rings. The number of nitrogens with one attached hydrogen (secondary N) is 2. The van der Waals surface area contributed by atoms with Crippen molar-refractivity contribution < 1.29 is 8.42 Å². The fourth-order valence-corrected chi connectivity index (χ4v) is 6.52. The highest BCUT2D eigenvalue weighted by Gasteiger charge is 2.42. The molecule has 9 heteroatoms. The Balaban J connectivity index is 1.66. The summed E-state index contributed by atoms with van der Waals surface area (Å²) in [5.41, 5.74) is 9.04. The number of anilines is 2. The lowest BCUT2D eigenvalue weighted by atomic mass is 9.96. The van der Waals surface area contributed by atoms with Crippen LogP contribution in [0.3, 0.4) is 0 Å². The summed E-state index contributed by atoms with van der Waals surface area (Å²) >= 11 is 5.93. The molecule has 1 fully saturated rings. The van der Waals surface area contributed by atoms with Crippen molar-refractivity contribution in [3.63, 3.8) is 0 Å². The van der Waals surface area contributed by atoms with Crippen LogP contribution in [0.2, 0.25) is 0 Å². The number of hydrogen-bond acceptors (Lipinski definition) is 4. The molecule has 1 aliphatic heterocycles. The molecule has 0 aliphatic carbocycles. The van der Waals surface area contributed by atoms with Crippen molar-refractivity contribution in [1.29, 1.82) is 0 Å². The minimum absolute atomic E-state index is 0.172. The SMILES string of the molecule is CCc1ccccc1-n1c(C)cc([C@H]2[C@H](c3ccccn3)NC(=S)N2c2ccc(NS(C)(=O)=O)c(C)c2)c1C. The van der Waals surface area contributed by atoms with Crippen LogP contribution in [0.5, 0.6) is 0 Å². The number of benzene rings is 2. The zero-order chi connectivity index (χ0) is 27.9. The van der Waals surface area contributed by atoms with Crippen LogP contribution in [-0.2, 0) is 16.4 Å². The lowest BCUT2D eigenvalue weighted by molar-refractivity contribution is 0.565. The average Bonchev–Trinajstić information content (AvgIpc) is 3.39. The number of thiocarbonyl (C=S) groups is 1. The third-order valence-corrected chi connectivity index (χ3v) is 8.19. The average molecular weight is 560 g/mol. The van der Waals surface area contributed by atoms with E-state index in [0.29, 0.717) is 10.8 Å². The van der Waals surface area contributed by atoms with Gasteiger partial charge in [0.05, 0.1) is 29.7 Å². The van der Waals surface area contributed by atoms with Crippen molar-refractivity contribution in [1.82, 2.24) is 14.9 Å². The summed E-state index contributed by atoms with van der Waals surface area (Å²) in [6.07, 6.45) is 3.89. The molecule has 4 aromatic rings. The highest BCUT2D eigenvalue weighted by Crippen LogP contribution is 2.44. The fourth-order valence-electron chi connectivity index (χ4n) is 5.55. The van der Waals surface area contributed by atoms with E-state index < -0.39 is 10.0 Å². The maximum Gasteiger partial charge on any atom is 0.229 e. The summed E-state index contributed by atoms with van der Waals surface area (Å²) in [7, 11) is -3.39. The van der Waals surface area contributed by atoms with Gasteiger partial charge >= 0.3 is 0 Å². The first kappa shape index (κ1) is 26.9. The summed E-state index contributed by atoms with van der Waals surface area (Å²) in [5, 5.41) is 4.13. The van der Waals surface area contributed by atoms with Crippen LogP contribution >= 0.6 is 12.2 Å². The Bertz CT molecular complexity index is 1650. The van der Waals surface area contributed by atoms with Crippen molar-refractivity contribution >= 4 is 38.7 Å². The van der Waals surface area contributed by atoms with Gasteiger partial charge in [-0.15, -0.1) is 0 Å². The van der Waals surface area contributed by atoms with Gasteiger partial charge in [0.15, 0.2) is 5.11 Å². The van der Waals surface area contributed by atoms with Gasteiger partial charge < -0.3 is 14.8 Å². The van der Waals surface area contributed by atoms with Crippen molar-refractivity contribution in [3.05, 3.63) is 107 Å². The van der Waals surface area contributed by atoms with Crippen LogP contribution in [0.25, 0.3) is 5.69 Å². The summed E-state index contributed by atoms with van der Waals surface area (Å²) in [6, 6.07) is 22.0. The number of para-hydroxylation sites is 1. The second kappa shape index (κ2) is 10.5. The number of aromatic nitrogens is 2. The molecule has 2 aromatic heterocycles. The van der Waals surface area contributed by atoms with Crippen LogP contribution in [0, 0.1) is 20.8 Å². The van der Waals surface area contributed by atoms with E-state index in [1.165, 1.54) is 11.3 Å². The Kier molecular flexibility index (Phi) is 7.22. The predicted molar refractivity (Wildman–Crippen MR) is 162 cm³/mol. The number of rotatable bonds is 7. The predicted octanol–water partition coefficient (Wildman–Crippen LogP) is 5.91. The minimum atomic E-state index is -3.39. The Morgan fingerprint density at radius 2 is 1.77 bits per heavy atom. The lowest BCUT2D eigenvalue weighted by Gasteiger charge is -2.29. The second-order valence-electron chi connectivity index (χ2n) is 10.0. The minimum Gasteiger partial charge on any atom is -0.351 e. The van der Waals surface area contributed by atoms with Crippen molar-refractivity contribution in [2.24, 2.45) is 0 Å². The number of nitrogens with zero attached hydrogens (tertiary/aromatic N) is 3. The first-order valence-corrected chi connectivity index (χ1v) is 15.2. The van der Waals surface area contributed by atoms with Crippen molar-refractivity contribution in [3.8, 4) is 5.69 Å². The molecule has 202 valence electrons. The standard InChI is InChI=1S/C30H33N5O2S2/c1-6-22-11-7-8-13-27(22)34-20(3)18-24(21(34)4)29-28(26-12-9-10-16-31-26)32-30(38)35(29)23-14-15-25(19(2)17-23)33-39(5,36)37/h7-18,28-29,33H,6H2,1-5H3,(H,32,38)/t28-,29-/m0/s1. The Morgan fingerprint density at radius 1 is 1.03 bits per heavy atom. The van der Waals surface area contributed by atoms with Crippen molar-refractivity contribution in [2.75, 3.05) is 15.9 Å². The van der Waals surface area contributed by atoms with Crippen molar-refractivity contribution in [2.45, 2.75) is 46.2 Å². The van der Waals surface area contributed by atoms with Crippen LogP contribution in [0.1, 0.15) is 52.8 Å². The molecule has 0 unspecified atom stereocenters. The van der Waals surface area contributed by atoms with Gasteiger partial charge in [0, 0.05) is 29.0 Å². The summed E-state index contributed by atoms with van der Waals surface area (Å²) in [6.45, 7) is 8.37. The molecule has 0 spiro atoms. The number of sulfonamides is 1. The topological polar surface area (TPSA) is 79.3 Å². The van der Waals surface area contributed by atoms with E-state index in [2.05, 4.69) is 75.6 Å². The van der Waals surface area contributed by atoms with E-state index >= 15 is 0 Å². The third kappa shape index (κ3) is 5.16. The van der Waals surface area contributed by atoms with Gasteiger partial charge in [-0.3, -0.25) is 9.71 Å². The first-order valence-electron chi connectivity index (χ1n) is 12.9. The quantitative estimate of drug-likeness (QED) is 0.274. The monoisotopic (exact) mass is 559 g/mol. The third-order valence-electron chi connectivity index (χ3n) is 7.28. The zero-order valence-electron chi connectivity index (χ0n) is 22.8. The van der Waals surface area contributed by atoms with Gasteiger partial charge in [0.1, 0.15) is 0 Å². The van der Waals surface area contributed by atoms with E-state index in [9.17, 15) is 8.42 Å². The number of aryl methyl sites for hydroxylation is 3. The highest BCUT2D eigenvalue weighted by atomic mass is 32.2. The highest BCUT2D eigenvalue weighted by molar-refractivity contribution is 7.92. The summed E-state index contributed by atoms with van der Waals surface area (Å²) < 4.78 is 28.6. The molecule has 0 amide bonds. The van der Waals surface area contributed by atoms with E-state index in [-0.39, 0.29) is 12.1 Å². The molecule has 0 bridgehead atoms. The van der Waals surface area contributed by atoms with Crippen LogP contribution < -0.4 is 14.9 Å². The van der Waals surface area contributed by atoms with E-state index in [1.54, 1.807) is 12.3 Å². The van der Waals surface area contributed by atoms with E-state index in [1.807, 2.05) is 37.3 Å². The van der Waals surface area contributed by atoms with Gasteiger partial charge in [-0.2, -0.15) is 0 Å². The lowest BCUT2D eigenvalue weighted by Crippen LogP contribution is -2.29. The largest absolute Gasteiger partial charge is 0.351 e. The van der Waals surface area contributed by atoms with Gasteiger partial charge in [-0.1, -0.05) is 31.2 Å². The molecule has 39 heavy (non-hydrogen) atoms. The molecule has 1 saturated heterocycles. The normalized spacial score (nSPS) is 17.4. The van der Waals surface area contributed by atoms with Gasteiger partial charge in [0.25, 0.3) is 0 Å². The van der Waals surface area contributed by atoms with Crippen LogP contribution in [0.4, 0.5) is 11.4 Å². The zero-order valence-corrected chi connectivity index (χ0v) is 24.4. The summed E-state index contributed by atoms with van der Waals surface area (Å²) in [4.78, 5) is 6.81. The molecule has 0 radical (unpaired) electrons. The summed E-state index contributed by atoms with van der Waals surface area (Å²) in [5.74, 6) is 0. The molecule has 2 atom stereocenters. The molecular formula is C30H33N5O2S2. The maximum absolute atomic E-state index is 11.9. The van der Waals surface area contributed by atoms with Gasteiger partial charge in [0.2, 0.25) is 10.0 Å². The molecule has 2 aromatic carbocycles. The molecule has 7 nitrogen and oxygen atoms in total. The van der Waals surface area contributed by atoms with Gasteiger partial charge in [-0.25, -0.2) is 8.42 Å². The molecular weight excluding hydrogens is 526 g/mol. The van der Waals surface area contributed by atoms with E-state index in [4.69, 9.17) is 12.2 Å². The Hall–Kier alpha value is -3.69. The fraction of sp³-hybridized carbons (Fsp3) is 0.267. The maximum atomic E-state index is 11.9. The van der Waals surface area contributed by atoms with E-state index in [0.717, 1.165) is 46.6 Å². The number of pyridine rings is 1. The van der Waals surface area contributed by atoms with Crippen LogP contribution in [0.15, 0.2) is 72.9 Å². The Morgan fingerprint density at radius 3 is 2.44 bits per heavy atom. The number of hydrogen-bond donors (Lipinski definition) is 2. The molecule has 0 saturated carbocycles. The molecule has 5 rings (SSSR count). The first-order chi connectivity index (χ1) is 18.6.